The largest absolute Gasteiger partial charge is 0.399 e. The molecule has 2 atom stereocenters. The van der Waals surface area contributed by atoms with Gasteiger partial charge in [-0.2, -0.15) is 0 Å². The number of unbranched alkanes of at least 4 members (excludes halogenated alkanes) is 11. The van der Waals surface area contributed by atoms with Crippen LogP contribution in [0.2, 0.25) is 0 Å². The zero-order chi connectivity index (χ0) is 34.5. The summed E-state index contributed by atoms with van der Waals surface area (Å²) in [5, 5.41) is 0. The Morgan fingerprint density at radius 3 is 1.40 bits per heavy atom. The molecule has 2 aromatic carbocycles. The molecule has 4 rings (SSSR count). The van der Waals surface area contributed by atoms with Gasteiger partial charge in [0.15, 0.2) is 0 Å². The van der Waals surface area contributed by atoms with Gasteiger partial charge in [-0.25, -0.2) is 0 Å². The molecule has 2 aromatic rings. The van der Waals surface area contributed by atoms with Crippen molar-refractivity contribution in [3.8, 4) is 0 Å². The highest BCUT2D eigenvalue weighted by atomic mass is 35.5. The lowest BCUT2D eigenvalue weighted by Gasteiger charge is -2.36. The van der Waals surface area contributed by atoms with E-state index >= 15 is 0 Å². The number of rotatable bonds is 17. The van der Waals surface area contributed by atoms with Gasteiger partial charge in [-0.05, 0) is 74.2 Å². The van der Waals surface area contributed by atoms with Gasteiger partial charge < -0.3 is 30.2 Å². The fourth-order valence-electron chi connectivity index (χ4n) is 7.41. The lowest BCUT2D eigenvalue weighted by atomic mass is 10.0. The van der Waals surface area contributed by atoms with Crippen LogP contribution in [0.3, 0.4) is 0 Å². The first-order chi connectivity index (χ1) is 22.3. The third-order valence-corrected chi connectivity index (χ3v) is 11.2. The minimum Gasteiger partial charge on any atom is -0.399 e. The van der Waals surface area contributed by atoms with Crippen molar-refractivity contribution in [3.05, 3.63) is 47.5 Å². The number of aryl methyl sites for hydroxylation is 2. The zero-order valence-corrected chi connectivity index (χ0v) is 33.2. The first-order valence-corrected chi connectivity index (χ1v) is 19.2. The maximum absolute atomic E-state index is 6.00. The van der Waals surface area contributed by atoms with Gasteiger partial charge in [0, 0.05) is 48.7 Å². The SMILES string of the molecule is CCCCCCCCCCCCCC[N+](C)(C)C1CCN(c2ccc(N)c(C)c2)C1.Cc1cc(N2CCC([N+](C)(C)C)C2)ccc1N.Cl. The first kappa shape index (κ1) is 42.0. The van der Waals surface area contributed by atoms with E-state index in [0.717, 1.165) is 41.0 Å². The summed E-state index contributed by atoms with van der Waals surface area (Å²) < 4.78 is 2.21. The lowest BCUT2D eigenvalue weighted by Crippen LogP contribution is -2.50. The second kappa shape index (κ2) is 20.5. The number of likely N-dealkylation sites (N-methyl/N-ethyl adjacent to an activating group) is 2. The summed E-state index contributed by atoms with van der Waals surface area (Å²) in [5.41, 5.74) is 18.7. The van der Waals surface area contributed by atoms with Crippen molar-refractivity contribution in [1.29, 1.82) is 0 Å². The lowest BCUT2D eigenvalue weighted by molar-refractivity contribution is -0.912. The number of nitrogens with zero attached hydrogens (tertiary/aromatic N) is 4. The summed E-state index contributed by atoms with van der Waals surface area (Å²) in [6, 6.07) is 14.3. The maximum Gasteiger partial charge on any atom is 0.108 e. The van der Waals surface area contributed by atoms with Gasteiger partial charge in [-0.3, -0.25) is 0 Å². The van der Waals surface area contributed by atoms with Gasteiger partial charge in [-0.1, -0.05) is 71.1 Å². The van der Waals surface area contributed by atoms with Crippen LogP contribution in [0.4, 0.5) is 22.7 Å². The highest BCUT2D eigenvalue weighted by Gasteiger charge is 2.35. The molecule has 2 fully saturated rings. The van der Waals surface area contributed by atoms with Gasteiger partial charge in [0.1, 0.15) is 12.1 Å². The Hall–Kier alpha value is -2.15. The molecule has 0 amide bonds. The average Bonchev–Trinajstić information content (AvgIpc) is 3.73. The monoisotopic (exact) mass is 687 g/mol. The Labute approximate surface area is 302 Å². The molecule has 0 aromatic heterocycles. The smallest absolute Gasteiger partial charge is 0.108 e. The van der Waals surface area contributed by atoms with E-state index in [0.29, 0.717) is 0 Å². The summed E-state index contributed by atoms with van der Waals surface area (Å²) in [6.07, 6.45) is 19.7. The van der Waals surface area contributed by atoms with Gasteiger partial charge in [-0.15, -0.1) is 12.4 Å². The van der Waals surface area contributed by atoms with Gasteiger partial charge in [0.25, 0.3) is 0 Å². The van der Waals surface area contributed by atoms with Crippen molar-refractivity contribution in [1.82, 2.24) is 0 Å². The third kappa shape index (κ3) is 13.6. The van der Waals surface area contributed by atoms with E-state index in [9.17, 15) is 0 Å². The van der Waals surface area contributed by atoms with Crippen LogP contribution >= 0.6 is 12.4 Å². The molecular weight excluding hydrogens is 612 g/mol. The fourth-order valence-corrected chi connectivity index (χ4v) is 7.41. The number of hydrogen-bond acceptors (Lipinski definition) is 4. The summed E-state index contributed by atoms with van der Waals surface area (Å²) in [4.78, 5) is 5.03. The summed E-state index contributed by atoms with van der Waals surface area (Å²) in [7, 11) is 11.7. The third-order valence-electron chi connectivity index (χ3n) is 11.2. The van der Waals surface area contributed by atoms with Crippen LogP contribution in [-0.4, -0.2) is 89.0 Å². The number of quaternary nitrogens is 2. The minimum absolute atomic E-state index is 0. The molecular formula is C41H75ClN6+2. The molecule has 6 nitrogen and oxygen atoms in total. The van der Waals surface area contributed by atoms with E-state index in [1.165, 1.54) is 137 Å². The Morgan fingerprint density at radius 2 is 1.00 bits per heavy atom. The second-order valence-corrected chi connectivity index (χ2v) is 16.4. The molecule has 0 spiro atoms. The Morgan fingerprint density at radius 1 is 0.604 bits per heavy atom. The minimum atomic E-state index is 0. The van der Waals surface area contributed by atoms with Crippen LogP contribution < -0.4 is 21.3 Å². The van der Waals surface area contributed by atoms with Crippen LogP contribution in [-0.2, 0) is 0 Å². The second-order valence-electron chi connectivity index (χ2n) is 16.4. The van der Waals surface area contributed by atoms with E-state index in [-0.39, 0.29) is 12.4 Å². The molecule has 0 radical (unpaired) electrons. The molecule has 274 valence electrons. The molecule has 7 heteroatoms. The molecule has 2 heterocycles. The predicted molar refractivity (Wildman–Crippen MR) is 216 cm³/mol. The Bertz CT molecular complexity index is 1190. The number of benzene rings is 2. The molecule has 48 heavy (non-hydrogen) atoms. The summed E-state index contributed by atoms with van der Waals surface area (Å²) in [5.74, 6) is 0. The normalized spacial score (nSPS) is 18.1. The van der Waals surface area contributed by atoms with Crippen molar-refractivity contribution in [2.24, 2.45) is 0 Å². The van der Waals surface area contributed by atoms with E-state index in [1.807, 2.05) is 6.07 Å². The van der Waals surface area contributed by atoms with Crippen molar-refractivity contribution < 1.29 is 8.97 Å². The Kier molecular flexibility index (Phi) is 18.0. The van der Waals surface area contributed by atoms with E-state index in [1.54, 1.807) is 0 Å². The number of anilines is 4. The first-order valence-electron chi connectivity index (χ1n) is 19.2. The fraction of sp³-hybridized carbons (Fsp3) is 0.707. The molecule has 0 saturated carbocycles. The van der Waals surface area contributed by atoms with Crippen molar-refractivity contribution in [2.45, 2.75) is 123 Å². The van der Waals surface area contributed by atoms with Crippen LogP contribution in [0.15, 0.2) is 36.4 Å². The molecule has 2 aliphatic heterocycles. The standard InChI is InChI=1S/C27H50N3.C14H24N3.ClH/c1-5-6-7-8-9-10-11-12-13-14-15-16-21-30(3,4)26-19-20-29(23-26)25-17-18-27(28)24(2)22-25;1-11-9-12(5-6-14(11)15)16-8-7-13(10-16)17(2,3)4;/h17-18,22,26H,5-16,19-21,23,28H2,1-4H3;5-6,9,13H,7-8,10,15H2,1-4H3;1H/q2*+1;. The van der Waals surface area contributed by atoms with Crippen molar-refractivity contribution >= 4 is 35.2 Å². The van der Waals surface area contributed by atoms with Crippen molar-refractivity contribution in [2.75, 3.05) is 89.2 Å². The molecule has 0 aliphatic carbocycles. The highest BCUT2D eigenvalue weighted by Crippen LogP contribution is 2.29. The van der Waals surface area contributed by atoms with Crippen LogP contribution in [0.5, 0.6) is 0 Å². The van der Waals surface area contributed by atoms with Gasteiger partial charge in [0.2, 0.25) is 0 Å². The molecule has 0 bridgehead atoms. The van der Waals surface area contributed by atoms with Crippen molar-refractivity contribution in [3.63, 3.8) is 0 Å². The molecule has 4 N–H and O–H groups in total. The van der Waals surface area contributed by atoms with Crippen LogP contribution in [0.25, 0.3) is 0 Å². The highest BCUT2D eigenvalue weighted by molar-refractivity contribution is 5.85. The predicted octanol–water partition coefficient (Wildman–Crippen LogP) is 9.22. The maximum atomic E-state index is 6.00. The van der Waals surface area contributed by atoms with Gasteiger partial charge >= 0.3 is 0 Å². The zero-order valence-electron chi connectivity index (χ0n) is 32.4. The average molecular weight is 688 g/mol. The van der Waals surface area contributed by atoms with E-state index in [4.69, 9.17) is 11.5 Å². The molecule has 2 unspecified atom stereocenters. The van der Waals surface area contributed by atoms with E-state index in [2.05, 4.69) is 96.1 Å². The molecule has 2 saturated heterocycles. The number of hydrogen-bond donors (Lipinski definition) is 2. The molecule has 2 aliphatic rings. The topological polar surface area (TPSA) is 58.5 Å². The van der Waals surface area contributed by atoms with Gasteiger partial charge in [0.05, 0.1) is 54.9 Å². The van der Waals surface area contributed by atoms with E-state index < -0.39 is 0 Å². The number of halogens is 1. The quantitative estimate of drug-likeness (QED) is 0.0990. The summed E-state index contributed by atoms with van der Waals surface area (Å²) in [6.45, 7) is 12.5. The number of nitrogens with two attached hydrogens (primary N) is 2. The van der Waals surface area contributed by atoms with Crippen LogP contribution in [0, 0.1) is 13.8 Å². The Balaban J connectivity index is 0.000000376. The summed E-state index contributed by atoms with van der Waals surface area (Å²) >= 11 is 0. The number of nitrogen functional groups attached to an aromatic ring is 2. The van der Waals surface area contributed by atoms with Crippen LogP contribution in [0.1, 0.15) is 108 Å².